The molecule has 3 rings (SSSR count). The van der Waals surface area contributed by atoms with E-state index in [1.807, 2.05) is 25.8 Å². The molecule has 3 heterocycles. The Balaban J connectivity index is 1.67. The second-order valence-electron chi connectivity index (χ2n) is 5.60. The third-order valence-corrected chi connectivity index (χ3v) is 3.87. The molecule has 1 fully saturated rings. The number of piperazine rings is 1. The van der Waals surface area contributed by atoms with Crippen LogP contribution in [0.25, 0.3) is 0 Å². The molecule has 1 aliphatic heterocycles. The zero-order valence-corrected chi connectivity index (χ0v) is 13.2. The van der Waals surface area contributed by atoms with Gasteiger partial charge < -0.3 is 9.80 Å². The van der Waals surface area contributed by atoms with Crippen LogP contribution in [0.1, 0.15) is 21.7 Å². The van der Waals surface area contributed by atoms with Crippen LogP contribution in [-0.4, -0.2) is 56.7 Å². The fourth-order valence-corrected chi connectivity index (χ4v) is 2.66. The smallest absolute Gasteiger partial charge is 0.257 e. The van der Waals surface area contributed by atoms with Crippen LogP contribution in [0, 0.1) is 13.8 Å². The van der Waals surface area contributed by atoms with Crippen LogP contribution < -0.4 is 4.90 Å². The number of hydrogen-bond donors (Lipinski definition) is 0. The molecule has 1 saturated heterocycles. The highest BCUT2D eigenvalue weighted by Gasteiger charge is 2.24. The zero-order chi connectivity index (χ0) is 15.7. The van der Waals surface area contributed by atoms with Crippen LogP contribution >= 0.6 is 0 Å². The van der Waals surface area contributed by atoms with Gasteiger partial charge in [0.05, 0.1) is 23.1 Å². The Kier molecular flexibility index (Phi) is 3.79. The molecule has 2 aromatic rings. The van der Waals surface area contributed by atoms with Gasteiger partial charge in [-0.15, -0.1) is 0 Å². The van der Waals surface area contributed by atoms with Crippen LogP contribution in [0.2, 0.25) is 0 Å². The van der Waals surface area contributed by atoms with Crippen molar-refractivity contribution in [3.63, 3.8) is 0 Å². The molecular weight excluding hydrogens is 280 g/mol. The standard InChI is InChI=1S/C15H20N6O/c1-11-8-16-12(2)14(18-11)20-4-6-21(7-5-20)15(22)13-9-17-19(3)10-13/h8-10H,4-7H2,1-3H3. The zero-order valence-electron chi connectivity index (χ0n) is 13.2. The largest absolute Gasteiger partial charge is 0.352 e. The Morgan fingerprint density at radius 1 is 1.14 bits per heavy atom. The topological polar surface area (TPSA) is 67.2 Å². The SMILES string of the molecule is Cc1cnc(C)c(N2CCN(C(=O)c3cnn(C)c3)CC2)n1. The summed E-state index contributed by atoms with van der Waals surface area (Å²) in [5, 5.41) is 4.06. The number of anilines is 1. The first-order valence-corrected chi connectivity index (χ1v) is 7.37. The van der Waals surface area contributed by atoms with Gasteiger partial charge >= 0.3 is 0 Å². The maximum atomic E-state index is 12.4. The van der Waals surface area contributed by atoms with E-state index in [4.69, 9.17) is 0 Å². The van der Waals surface area contributed by atoms with E-state index >= 15 is 0 Å². The number of aromatic nitrogens is 4. The summed E-state index contributed by atoms with van der Waals surface area (Å²) >= 11 is 0. The normalized spacial score (nSPS) is 15.2. The molecule has 0 bridgehead atoms. The van der Waals surface area contributed by atoms with E-state index in [0.29, 0.717) is 18.7 Å². The maximum absolute atomic E-state index is 12.4. The molecule has 2 aromatic heterocycles. The molecule has 0 saturated carbocycles. The first-order valence-electron chi connectivity index (χ1n) is 7.37. The summed E-state index contributed by atoms with van der Waals surface area (Å²) in [6, 6.07) is 0. The second-order valence-corrected chi connectivity index (χ2v) is 5.60. The summed E-state index contributed by atoms with van der Waals surface area (Å²) in [6.45, 7) is 6.81. The summed E-state index contributed by atoms with van der Waals surface area (Å²) in [4.78, 5) is 25.4. The maximum Gasteiger partial charge on any atom is 0.257 e. The predicted octanol–water partition coefficient (Wildman–Crippen LogP) is 0.789. The molecule has 22 heavy (non-hydrogen) atoms. The highest BCUT2D eigenvalue weighted by molar-refractivity contribution is 5.93. The summed E-state index contributed by atoms with van der Waals surface area (Å²) in [5.74, 6) is 0.966. The molecule has 1 amide bonds. The number of amides is 1. The van der Waals surface area contributed by atoms with Crippen molar-refractivity contribution in [3.8, 4) is 0 Å². The van der Waals surface area contributed by atoms with Gasteiger partial charge in [0, 0.05) is 45.6 Å². The van der Waals surface area contributed by atoms with E-state index in [-0.39, 0.29) is 5.91 Å². The molecule has 0 aromatic carbocycles. The van der Waals surface area contributed by atoms with Gasteiger partial charge in [0.15, 0.2) is 0 Å². The van der Waals surface area contributed by atoms with Gasteiger partial charge in [0.1, 0.15) is 5.82 Å². The van der Waals surface area contributed by atoms with Crippen LogP contribution in [-0.2, 0) is 7.05 Å². The van der Waals surface area contributed by atoms with Crippen molar-refractivity contribution < 1.29 is 4.79 Å². The number of carbonyl (C=O) groups is 1. The number of carbonyl (C=O) groups excluding carboxylic acids is 1. The van der Waals surface area contributed by atoms with Crippen molar-refractivity contribution in [1.82, 2.24) is 24.6 Å². The van der Waals surface area contributed by atoms with Crippen molar-refractivity contribution >= 4 is 11.7 Å². The lowest BCUT2D eigenvalue weighted by molar-refractivity contribution is 0.0746. The molecule has 0 unspecified atom stereocenters. The van der Waals surface area contributed by atoms with Crippen LogP contribution in [0.5, 0.6) is 0 Å². The van der Waals surface area contributed by atoms with Gasteiger partial charge in [-0.1, -0.05) is 0 Å². The van der Waals surface area contributed by atoms with Gasteiger partial charge in [0.2, 0.25) is 0 Å². The van der Waals surface area contributed by atoms with E-state index in [9.17, 15) is 4.79 Å². The fourth-order valence-electron chi connectivity index (χ4n) is 2.66. The Labute approximate surface area is 129 Å². The number of rotatable bonds is 2. The molecule has 7 heteroatoms. The summed E-state index contributed by atoms with van der Waals surface area (Å²) in [7, 11) is 1.81. The lowest BCUT2D eigenvalue weighted by Gasteiger charge is -2.35. The molecule has 7 nitrogen and oxygen atoms in total. The summed E-state index contributed by atoms with van der Waals surface area (Å²) < 4.78 is 1.65. The number of hydrogen-bond acceptors (Lipinski definition) is 5. The monoisotopic (exact) mass is 300 g/mol. The van der Waals surface area contributed by atoms with Crippen molar-refractivity contribution in [2.24, 2.45) is 7.05 Å². The van der Waals surface area contributed by atoms with Gasteiger partial charge in [-0.05, 0) is 13.8 Å². The van der Waals surface area contributed by atoms with Gasteiger partial charge in [-0.2, -0.15) is 5.10 Å². The van der Waals surface area contributed by atoms with Gasteiger partial charge in [-0.25, -0.2) is 4.98 Å². The van der Waals surface area contributed by atoms with Crippen LogP contribution in [0.3, 0.4) is 0 Å². The third-order valence-electron chi connectivity index (χ3n) is 3.87. The molecule has 0 aliphatic carbocycles. The van der Waals surface area contributed by atoms with Gasteiger partial charge in [-0.3, -0.25) is 14.5 Å². The van der Waals surface area contributed by atoms with E-state index < -0.39 is 0 Å². The van der Waals surface area contributed by atoms with E-state index in [2.05, 4.69) is 20.0 Å². The Hall–Kier alpha value is -2.44. The molecule has 116 valence electrons. The number of aryl methyl sites for hydroxylation is 3. The van der Waals surface area contributed by atoms with E-state index in [1.165, 1.54) is 0 Å². The Bertz CT molecular complexity index is 687. The molecule has 1 aliphatic rings. The molecular formula is C15H20N6O. The predicted molar refractivity (Wildman–Crippen MR) is 82.8 cm³/mol. The van der Waals surface area contributed by atoms with Crippen molar-refractivity contribution in [2.75, 3.05) is 31.1 Å². The molecule has 0 N–H and O–H groups in total. The number of nitrogens with zero attached hydrogens (tertiary/aromatic N) is 6. The Morgan fingerprint density at radius 3 is 2.50 bits per heavy atom. The lowest BCUT2D eigenvalue weighted by atomic mass is 10.2. The average molecular weight is 300 g/mol. The first kappa shape index (κ1) is 14.5. The minimum Gasteiger partial charge on any atom is -0.352 e. The summed E-state index contributed by atoms with van der Waals surface area (Å²) in [6.07, 6.45) is 5.15. The highest BCUT2D eigenvalue weighted by atomic mass is 16.2. The summed E-state index contributed by atoms with van der Waals surface area (Å²) in [5.41, 5.74) is 2.48. The quantitative estimate of drug-likeness (QED) is 0.820. The van der Waals surface area contributed by atoms with Crippen molar-refractivity contribution in [1.29, 1.82) is 0 Å². The van der Waals surface area contributed by atoms with E-state index in [1.54, 1.807) is 23.3 Å². The minimum absolute atomic E-state index is 0.0415. The lowest BCUT2D eigenvalue weighted by Crippen LogP contribution is -2.49. The van der Waals surface area contributed by atoms with Crippen LogP contribution in [0.15, 0.2) is 18.6 Å². The highest BCUT2D eigenvalue weighted by Crippen LogP contribution is 2.18. The third kappa shape index (κ3) is 2.79. The molecule has 0 spiro atoms. The van der Waals surface area contributed by atoms with Gasteiger partial charge in [0.25, 0.3) is 5.91 Å². The minimum atomic E-state index is 0.0415. The molecule has 0 radical (unpaired) electrons. The molecule has 0 atom stereocenters. The van der Waals surface area contributed by atoms with E-state index in [0.717, 1.165) is 30.3 Å². The van der Waals surface area contributed by atoms with Crippen molar-refractivity contribution in [2.45, 2.75) is 13.8 Å². The second kappa shape index (κ2) is 5.75. The van der Waals surface area contributed by atoms with Crippen LogP contribution in [0.4, 0.5) is 5.82 Å². The fraction of sp³-hybridized carbons (Fsp3) is 0.467. The Morgan fingerprint density at radius 2 is 1.86 bits per heavy atom. The van der Waals surface area contributed by atoms with Crippen molar-refractivity contribution in [3.05, 3.63) is 35.5 Å². The average Bonchev–Trinajstić information content (AvgIpc) is 2.96. The first-order chi connectivity index (χ1) is 10.5.